The van der Waals surface area contributed by atoms with E-state index in [2.05, 4.69) is 61.5 Å². The third kappa shape index (κ3) is 13.6. The second-order valence-electron chi connectivity index (χ2n) is 17.0. The lowest BCUT2D eigenvalue weighted by molar-refractivity contribution is -0.123. The van der Waals surface area contributed by atoms with E-state index in [1.54, 1.807) is 49.6 Å². The minimum Gasteiger partial charge on any atom is -0.496 e. The Morgan fingerprint density at radius 1 is 0.789 bits per heavy atom. The molecule has 0 atom stereocenters. The summed E-state index contributed by atoms with van der Waals surface area (Å²) in [6.07, 6.45) is 5.75. The summed E-state index contributed by atoms with van der Waals surface area (Å²) >= 11 is 7.02. The molecule has 0 saturated carbocycles. The van der Waals surface area contributed by atoms with Crippen molar-refractivity contribution in [2.45, 2.75) is 52.1 Å². The van der Waals surface area contributed by atoms with Crippen LogP contribution in [0.2, 0.25) is 5.02 Å². The lowest BCUT2D eigenvalue weighted by atomic mass is 9.98. The Morgan fingerprint density at radius 2 is 1.43 bits per heavy atom. The highest BCUT2D eigenvalue weighted by Crippen LogP contribution is 2.38. The van der Waals surface area contributed by atoms with Crippen molar-refractivity contribution in [3.05, 3.63) is 100 Å². The van der Waals surface area contributed by atoms with Gasteiger partial charge in [-0.25, -0.2) is 9.97 Å². The summed E-state index contributed by atoms with van der Waals surface area (Å²) in [6.45, 7) is 5.62. The van der Waals surface area contributed by atoms with Crippen LogP contribution in [-0.2, 0) is 22.7 Å². The number of amides is 3. The number of anilines is 4. The van der Waals surface area contributed by atoms with Crippen LogP contribution in [0.15, 0.2) is 71.3 Å². The van der Waals surface area contributed by atoms with Gasteiger partial charge in [-0.05, 0) is 74.7 Å². The standard InChI is InChI=1S/C50H57ClN14O8.CH2O2/c1-29-30(31-14-10-16-35(42(31)51)57-45(68)37-26-40(70-3)33(47(59-37)72-5)28-64-22-7-6-8-23-64)13-9-15-34(29)56-44(67)36-25-39(69-2)32(46(58-36)71-4)27-53-20-21-54-41(66)18-11-19-55-49-61-48(52)65-50(62-49)60-43(63-65)38-17-12-24-73-38;2-1-3/h9-10,12-17,24-26,53H,6-8,11,18-23,27-28H2,1-5H3,(H,54,66)(H,56,67)(H,57,68)(H3,52,55,60,61,62,63);1H,(H,2,3). The molecule has 25 heteroatoms. The molecule has 76 heavy (non-hydrogen) atoms. The van der Waals surface area contributed by atoms with Gasteiger partial charge in [0.15, 0.2) is 5.76 Å². The number of rotatable bonds is 22. The molecule has 8 rings (SSSR count). The third-order valence-electron chi connectivity index (χ3n) is 12.1. The Hall–Kier alpha value is -8.61. The molecule has 0 spiro atoms. The first kappa shape index (κ1) is 55.1. The minimum atomic E-state index is -0.505. The number of methoxy groups -OCH3 is 4. The van der Waals surface area contributed by atoms with Gasteiger partial charge in [0, 0.05) is 62.5 Å². The molecule has 1 aliphatic heterocycles. The SMILES string of the molecule is COc1cc(C(=O)Nc2cccc(-c3cccc(NC(=O)c4cc(OC)c(CN5CCCCC5)c(OC)n4)c3Cl)c2C)nc(OC)c1CNCCNC(=O)CCCNc1nc(N)n2nc(-c3ccco3)nc2n1.O=CO. The van der Waals surface area contributed by atoms with E-state index >= 15 is 0 Å². The number of pyridine rings is 2. The number of benzene rings is 2. The summed E-state index contributed by atoms with van der Waals surface area (Å²) in [5, 5.41) is 26.6. The molecular formula is C51H59ClN14O10. The van der Waals surface area contributed by atoms with Crippen LogP contribution in [0.25, 0.3) is 28.5 Å². The molecule has 400 valence electrons. The molecule has 0 bridgehead atoms. The number of halogens is 1. The van der Waals surface area contributed by atoms with Crippen molar-refractivity contribution < 1.29 is 47.6 Å². The molecule has 0 unspecified atom stereocenters. The zero-order valence-corrected chi connectivity index (χ0v) is 43.3. The van der Waals surface area contributed by atoms with Gasteiger partial charge in [0.25, 0.3) is 24.1 Å². The van der Waals surface area contributed by atoms with Crippen molar-refractivity contribution >= 4 is 64.8 Å². The molecule has 1 fully saturated rings. The van der Waals surface area contributed by atoms with Gasteiger partial charge in [-0.1, -0.05) is 42.3 Å². The highest BCUT2D eigenvalue weighted by atomic mass is 35.5. The van der Waals surface area contributed by atoms with Crippen LogP contribution in [0.4, 0.5) is 23.3 Å². The zero-order valence-electron chi connectivity index (χ0n) is 42.6. The van der Waals surface area contributed by atoms with Gasteiger partial charge in [0.2, 0.25) is 35.4 Å². The average Bonchev–Trinajstić information content (AvgIpc) is 4.13. The smallest absolute Gasteiger partial charge is 0.290 e. The number of nitrogens with one attached hydrogen (secondary N) is 5. The maximum Gasteiger partial charge on any atom is 0.290 e. The number of hydrogen-bond acceptors (Lipinski definition) is 19. The number of furan rings is 1. The van der Waals surface area contributed by atoms with Crippen LogP contribution in [0, 0.1) is 6.92 Å². The Bertz CT molecular complexity index is 3100. The molecular weight excluding hydrogens is 1000 g/mol. The molecule has 5 aromatic heterocycles. The van der Waals surface area contributed by atoms with Gasteiger partial charge < -0.3 is 60.8 Å². The van der Waals surface area contributed by atoms with Gasteiger partial charge >= 0.3 is 0 Å². The lowest BCUT2D eigenvalue weighted by Crippen LogP contribution is -2.32. The molecule has 1 saturated heterocycles. The molecule has 1 aliphatic rings. The van der Waals surface area contributed by atoms with Gasteiger partial charge in [0.1, 0.15) is 22.9 Å². The van der Waals surface area contributed by atoms with Crippen LogP contribution in [0.1, 0.15) is 69.8 Å². The first-order valence-electron chi connectivity index (χ1n) is 24.1. The van der Waals surface area contributed by atoms with Gasteiger partial charge in [-0.2, -0.15) is 19.5 Å². The number of nitrogens with zero attached hydrogens (tertiary/aromatic N) is 8. The van der Waals surface area contributed by atoms with Crippen molar-refractivity contribution in [3.63, 3.8) is 0 Å². The van der Waals surface area contributed by atoms with E-state index in [0.717, 1.165) is 37.1 Å². The first-order chi connectivity index (χ1) is 36.9. The van der Waals surface area contributed by atoms with E-state index in [4.69, 9.17) is 50.6 Å². The lowest BCUT2D eigenvalue weighted by Gasteiger charge is -2.27. The van der Waals surface area contributed by atoms with Crippen LogP contribution in [0.5, 0.6) is 23.3 Å². The Balaban J connectivity index is 0.00000274. The van der Waals surface area contributed by atoms with Crippen molar-refractivity contribution in [1.82, 2.24) is 50.1 Å². The molecule has 0 radical (unpaired) electrons. The second-order valence-corrected chi connectivity index (χ2v) is 17.4. The fourth-order valence-electron chi connectivity index (χ4n) is 8.34. The van der Waals surface area contributed by atoms with E-state index in [9.17, 15) is 14.4 Å². The molecule has 0 aliphatic carbocycles. The van der Waals surface area contributed by atoms with E-state index in [1.807, 2.05) is 19.1 Å². The van der Waals surface area contributed by atoms with E-state index in [1.165, 1.54) is 44.6 Å². The summed E-state index contributed by atoms with van der Waals surface area (Å²) in [4.78, 5) is 72.8. The number of carbonyl (C=O) groups excluding carboxylic acids is 3. The maximum atomic E-state index is 13.8. The van der Waals surface area contributed by atoms with Crippen LogP contribution < -0.4 is 51.3 Å². The Labute approximate surface area is 442 Å². The van der Waals surface area contributed by atoms with Crippen LogP contribution in [-0.4, -0.2) is 130 Å². The van der Waals surface area contributed by atoms with Crippen LogP contribution in [0.3, 0.4) is 0 Å². The highest BCUT2D eigenvalue weighted by Gasteiger charge is 2.24. The van der Waals surface area contributed by atoms with E-state index < -0.39 is 11.8 Å². The molecule has 24 nitrogen and oxygen atoms in total. The number of nitrogen functional groups attached to an aromatic ring is 1. The van der Waals surface area contributed by atoms with Crippen molar-refractivity contribution in [2.75, 3.05) is 82.8 Å². The molecule has 8 N–H and O–H groups in total. The summed E-state index contributed by atoms with van der Waals surface area (Å²) in [6, 6.07) is 17.4. The van der Waals surface area contributed by atoms with Gasteiger partial charge in [-0.15, -0.1) is 5.10 Å². The molecule has 6 heterocycles. The first-order valence-corrected chi connectivity index (χ1v) is 24.5. The zero-order chi connectivity index (χ0) is 54.1. The van der Waals surface area contributed by atoms with Gasteiger partial charge in [-0.3, -0.25) is 24.1 Å². The number of ether oxygens (including phenoxy) is 4. The minimum absolute atomic E-state index is 0.0569. The predicted octanol–water partition coefficient (Wildman–Crippen LogP) is 6.10. The third-order valence-corrected chi connectivity index (χ3v) is 12.5. The fourth-order valence-corrected chi connectivity index (χ4v) is 8.62. The number of fused-ring (bicyclic) bond motifs is 1. The quantitative estimate of drug-likeness (QED) is 0.0298. The maximum absolute atomic E-state index is 13.8. The Morgan fingerprint density at radius 3 is 2.09 bits per heavy atom. The average molecular weight is 1060 g/mol. The van der Waals surface area contributed by atoms with Crippen molar-refractivity contribution in [1.29, 1.82) is 0 Å². The van der Waals surface area contributed by atoms with E-state index in [-0.39, 0.29) is 65.3 Å². The number of piperidine rings is 1. The number of hydrogen-bond donors (Lipinski definition) is 7. The highest BCUT2D eigenvalue weighted by molar-refractivity contribution is 6.36. The Kier molecular flexibility index (Phi) is 19.3. The monoisotopic (exact) mass is 1060 g/mol. The van der Waals surface area contributed by atoms with Crippen molar-refractivity contribution in [3.8, 4) is 46.0 Å². The largest absolute Gasteiger partial charge is 0.496 e. The van der Waals surface area contributed by atoms with Crippen LogP contribution >= 0.6 is 11.6 Å². The summed E-state index contributed by atoms with van der Waals surface area (Å²) in [5.41, 5.74) is 10.5. The van der Waals surface area contributed by atoms with E-state index in [0.29, 0.717) is 89.6 Å². The fraction of sp³-hybridized carbons (Fsp3) is 0.333. The number of nitrogens with two attached hydrogens (primary N) is 1. The summed E-state index contributed by atoms with van der Waals surface area (Å²) in [7, 11) is 6.04. The summed E-state index contributed by atoms with van der Waals surface area (Å²) < 4.78 is 29.3. The number of aromatic nitrogens is 7. The number of likely N-dealkylation sites (tertiary alicyclic amines) is 1. The topological polar surface area (TPSA) is 310 Å². The number of carbonyl (C=O) groups is 4. The normalized spacial score (nSPS) is 12.2. The molecule has 3 amide bonds. The number of carboxylic acid groups (broad SMARTS) is 1. The summed E-state index contributed by atoms with van der Waals surface area (Å²) in [5.74, 6) is 1.70. The second kappa shape index (κ2) is 26.6. The molecule has 7 aromatic rings. The predicted molar refractivity (Wildman–Crippen MR) is 283 cm³/mol. The molecule has 2 aromatic carbocycles. The van der Waals surface area contributed by atoms with Gasteiger partial charge in [0.05, 0.1) is 56.5 Å². The van der Waals surface area contributed by atoms with Crippen molar-refractivity contribution in [2.24, 2.45) is 0 Å².